The van der Waals surface area contributed by atoms with Crippen LogP contribution in [0.2, 0.25) is 0 Å². The zero-order valence-corrected chi connectivity index (χ0v) is 12.6. The number of benzene rings is 1. The molecule has 5 heteroatoms. The van der Waals surface area contributed by atoms with Gasteiger partial charge in [0.25, 0.3) is 5.91 Å². The van der Waals surface area contributed by atoms with Crippen molar-refractivity contribution < 1.29 is 9.90 Å². The van der Waals surface area contributed by atoms with E-state index in [-0.39, 0.29) is 18.4 Å². The Morgan fingerprint density at radius 1 is 1.33 bits per heavy atom. The minimum absolute atomic E-state index is 0.0325. The van der Waals surface area contributed by atoms with E-state index in [0.29, 0.717) is 12.2 Å². The smallest absolute Gasteiger partial charge is 0.269 e. The summed E-state index contributed by atoms with van der Waals surface area (Å²) < 4.78 is 1.60. The van der Waals surface area contributed by atoms with Crippen molar-refractivity contribution in [3.8, 4) is 0 Å². The molecule has 112 valence electrons. The molecule has 21 heavy (non-hydrogen) atoms. The molecular formula is C16H21N3O2. The maximum absolute atomic E-state index is 12.2. The van der Waals surface area contributed by atoms with E-state index in [1.807, 2.05) is 44.2 Å². The molecule has 0 aliphatic rings. The SMILES string of the molecule is CC(C)c1cc(C(=O)NCc2ccccc2CO)n(C)n1. The van der Waals surface area contributed by atoms with Crippen molar-refractivity contribution in [3.63, 3.8) is 0 Å². The Morgan fingerprint density at radius 2 is 2.00 bits per heavy atom. The minimum atomic E-state index is -0.162. The average Bonchev–Trinajstić information content (AvgIpc) is 2.87. The van der Waals surface area contributed by atoms with Crippen molar-refractivity contribution in [2.45, 2.75) is 32.9 Å². The first-order chi connectivity index (χ1) is 10.0. The molecule has 2 N–H and O–H groups in total. The Labute approximate surface area is 124 Å². The van der Waals surface area contributed by atoms with Crippen LogP contribution in [0.15, 0.2) is 30.3 Å². The van der Waals surface area contributed by atoms with Crippen molar-refractivity contribution in [1.82, 2.24) is 15.1 Å². The summed E-state index contributed by atoms with van der Waals surface area (Å²) in [6, 6.07) is 9.32. The number of amides is 1. The second-order valence-corrected chi connectivity index (χ2v) is 5.34. The maximum Gasteiger partial charge on any atom is 0.269 e. The second kappa shape index (κ2) is 6.54. The van der Waals surface area contributed by atoms with Crippen LogP contribution in [0.4, 0.5) is 0 Å². The van der Waals surface area contributed by atoms with Gasteiger partial charge >= 0.3 is 0 Å². The Hall–Kier alpha value is -2.14. The Kier molecular flexibility index (Phi) is 4.75. The van der Waals surface area contributed by atoms with Gasteiger partial charge in [-0.2, -0.15) is 5.10 Å². The molecule has 0 spiro atoms. The van der Waals surface area contributed by atoms with Gasteiger partial charge in [0.2, 0.25) is 0 Å². The molecule has 0 fully saturated rings. The van der Waals surface area contributed by atoms with Crippen LogP contribution in [0.1, 0.15) is 47.1 Å². The highest BCUT2D eigenvalue weighted by atomic mass is 16.3. The lowest BCUT2D eigenvalue weighted by atomic mass is 10.1. The van der Waals surface area contributed by atoms with E-state index in [9.17, 15) is 9.90 Å². The van der Waals surface area contributed by atoms with Gasteiger partial charge in [0.1, 0.15) is 5.69 Å². The summed E-state index contributed by atoms with van der Waals surface area (Å²) >= 11 is 0. The number of nitrogens with zero attached hydrogens (tertiary/aromatic N) is 2. The second-order valence-electron chi connectivity index (χ2n) is 5.34. The first-order valence-corrected chi connectivity index (χ1v) is 7.02. The molecule has 0 aliphatic carbocycles. The monoisotopic (exact) mass is 287 g/mol. The van der Waals surface area contributed by atoms with E-state index in [2.05, 4.69) is 10.4 Å². The lowest BCUT2D eigenvalue weighted by Gasteiger charge is -2.08. The highest BCUT2D eigenvalue weighted by Gasteiger charge is 2.15. The summed E-state index contributed by atoms with van der Waals surface area (Å²) in [7, 11) is 1.77. The van der Waals surface area contributed by atoms with Crippen molar-refractivity contribution in [2.24, 2.45) is 7.05 Å². The molecule has 1 amide bonds. The third-order valence-electron chi connectivity index (χ3n) is 3.45. The number of carbonyl (C=O) groups is 1. The Balaban J connectivity index is 2.08. The number of aliphatic hydroxyl groups is 1. The van der Waals surface area contributed by atoms with Crippen LogP contribution in [0.3, 0.4) is 0 Å². The van der Waals surface area contributed by atoms with Crippen LogP contribution in [-0.4, -0.2) is 20.8 Å². The van der Waals surface area contributed by atoms with E-state index in [0.717, 1.165) is 16.8 Å². The fourth-order valence-electron chi connectivity index (χ4n) is 2.13. The van der Waals surface area contributed by atoms with Gasteiger partial charge in [-0.05, 0) is 23.1 Å². The normalized spacial score (nSPS) is 10.9. The number of aromatic nitrogens is 2. The van der Waals surface area contributed by atoms with Gasteiger partial charge in [-0.3, -0.25) is 9.48 Å². The number of carbonyl (C=O) groups excluding carboxylic acids is 1. The Morgan fingerprint density at radius 3 is 2.57 bits per heavy atom. The van der Waals surface area contributed by atoms with Crippen LogP contribution >= 0.6 is 0 Å². The predicted molar refractivity (Wildman–Crippen MR) is 80.8 cm³/mol. The molecule has 2 aromatic rings. The van der Waals surface area contributed by atoms with Crippen molar-refractivity contribution in [2.75, 3.05) is 0 Å². The number of aliphatic hydroxyl groups excluding tert-OH is 1. The van der Waals surface area contributed by atoms with Gasteiger partial charge in [-0.25, -0.2) is 0 Å². The topological polar surface area (TPSA) is 67.2 Å². The van der Waals surface area contributed by atoms with Crippen molar-refractivity contribution in [1.29, 1.82) is 0 Å². The number of hydrogen-bond donors (Lipinski definition) is 2. The van der Waals surface area contributed by atoms with Crippen molar-refractivity contribution >= 4 is 5.91 Å². The van der Waals surface area contributed by atoms with Gasteiger partial charge < -0.3 is 10.4 Å². The molecule has 0 bridgehead atoms. The molecular weight excluding hydrogens is 266 g/mol. The van der Waals surface area contributed by atoms with Crippen molar-refractivity contribution in [3.05, 3.63) is 52.8 Å². The molecule has 0 radical (unpaired) electrons. The summed E-state index contributed by atoms with van der Waals surface area (Å²) in [5.41, 5.74) is 3.18. The van der Waals surface area contributed by atoms with E-state index in [1.54, 1.807) is 11.7 Å². The van der Waals surface area contributed by atoms with E-state index >= 15 is 0 Å². The fourth-order valence-corrected chi connectivity index (χ4v) is 2.13. The number of rotatable bonds is 5. The molecule has 0 atom stereocenters. The molecule has 0 saturated carbocycles. The predicted octanol–water partition coefficient (Wildman–Crippen LogP) is 1.97. The van der Waals surface area contributed by atoms with Gasteiger partial charge in [0.15, 0.2) is 0 Å². The van der Waals surface area contributed by atoms with Crippen LogP contribution in [-0.2, 0) is 20.2 Å². The van der Waals surface area contributed by atoms with Crippen LogP contribution < -0.4 is 5.32 Å². The average molecular weight is 287 g/mol. The summed E-state index contributed by atoms with van der Waals surface area (Å²) in [4.78, 5) is 12.2. The molecule has 0 unspecified atom stereocenters. The van der Waals surface area contributed by atoms with E-state index in [1.165, 1.54) is 0 Å². The third kappa shape index (κ3) is 3.49. The number of aryl methyl sites for hydroxylation is 1. The third-order valence-corrected chi connectivity index (χ3v) is 3.45. The molecule has 1 aromatic carbocycles. The molecule has 0 aliphatic heterocycles. The number of nitrogens with one attached hydrogen (secondary N) is 1. The zero-order chi connectivity index (χ0) is 15.4. The molecule has 5 nitrogen and oxygen atoms in total. The summed E-state index contributed by atoms with van der Waals surface area (Å²) in [6.45, 7) is 4.44. The first kappa shape index (κ1) is 15.3. The molecule has 2 rings (SSSR count). The minimum Gasteiger partial charge on any atom is -0.392 e. The summed E-state index contributed by atoms with van der Waals surface area (Å²) in [6.07, 6.45) is 0. The zero-order valence-electron chi connectivity index (χ0n) is 12.6. The molecule has 1 aromatic heterocycles. The van der Waals surface area contributed by atoms with Gasteiger partial charge in [0.05, 0.1) is 12.3 Å². The lowest BCUT2D eigenvalue weighted by Crippen LogP contribution is -2.25. The largest absolute Gasteiger partial charge is 0.392 e. The van der Waals surface area contributed by atoms with Crippen LogP contribution in [0.25, 0.3) is 0 Å². The van der Waals surface area contributed by atoms with Gasteiger partial charge in [-0.1, -0.05) is 38.1 Å². The molecule has 0 saturated heterocycles. The lowest BCUT2D eigenvalue weighted by molar-refractivity contribution is 0.0941. The van der Waals surface area contributed by atoms with Crippen LogP contribution in [0, 0.1) is 0 Å². The maximum atomic E-state index is 12.2. The Bertz CT molecular complexity index is 632. The standard InChI is InChI=1S/C16H21N3O2/c1-11(2)14-8-15(19(3)18-14)16(21)17-9-12-6-4-5-7-13(12)10-20/h4-8,11,20H,9-10H2,1-3H3,(H,17,21). The molecule has 1 heterocycles. The highest BCUT2D eigenvalue weighted by Crippen LogP contribution is 2.14. The quantitative estimate of drug-likeness (QED) is 0.883. The van der Waals surface area contributed by atoms with Gasteiger partial charge in [0, 0.05) is 13.6 Å². The first-order valence-electron chi connectivity index (χ1n) is 7.02. The summed E-state index contributed by atoms with van der Waals surface area (Å²) in [5, 5.41) is 16.5. The highest BCUT2D eigenvalue weighted by molar-refractivity contribution is 5.92. The van der Waals surface area contributed by atoms with Crippen LogP contribution in [0.5, 0.6) is 0 Å². The van der Waals surface area contributed by atoms with E-state index in [4.69, 9.17) is 0 Å². The van der Waals surface area contributed by atoms with Gasteiger partial charge in [-0.15, -0.1) is 0 Å². The number of hydrogen-bond acceptors (Lipinski definition) is 3. The van der Waals surface area contributed by atoms with E-state index < -0.39 is 0 Å². The summed E-state index contributed by atoms with van der Waals surface area (Å²) in [5.74, 6) is 0.123. The fraction of sp³-hybridized carbons (Fsp3) is 0.375.